The molecule has 3 N–H and O–H groups in total. The normalized spacial score (nSPS) is 18.0. The van der Waals surface area contributed by atoms with Crippen molar-refractivity contribution in [2.24, 2.45) is 5.92 Å². The monoisotopic (exact) mass is 455 g/mol. The molecule has 0 aromatic heterocycles. The Balaban J connectivity index is 0.000000501. The highest BCUT2D eigenvalue weighted by molar-refractivity contribution is 6.30. The van der Waals surface area contributed by atoms with Crippen molar-refractivity contribution in [3.05, 3.63) is 34.9 Å². The van der Waals surface area contributed by atoms with Crippen LogP contribution in [0.2, 0.25) is 5.02 Å². The number of ether oxygens (including phenoxy) is 1. The van der Waals surface area contributed by atoms with E-state index in [1.54, 1.807) is 0 Å². The fourth-order valence-electron chi connectivity index (χ4n) is 3.51. The van der Waals surface area contributed by atoms with Gasteiger partial charge in [0.2, 0.25) is 5.91 Å². The molecule has 172 valence electrons. The first-order valence-electron chi connectivity index (χ1n) is 10.4. The predicted molar refractivity (Wildman–Crippen MR) is 115 cm³/mol. The fourth-order valence-corrected chi connectivity index (χ4v) is 3.63. The molecule has 0 spiro atoms. The molecule has 1 amide bonds. The zero-order valence-corrected chi connectivity index (χ0v) is 18.2. The molecule has 0 unspecified atom stereocenters. The van der Waals surface area contributed by atoms with Crippen molar-refractivity contribution in [2.75, 3.05) is 52.5 Å². The third-order valence-electron chi connectivity index (χ3n) is 5.29. The first-order chi connectivity index (χ1) is 14.8. The van der Waals surface area contributed by atoms with Crippen molar-refractivity contribution < 1.29 is 29.3 Å². The Hall–Kier alpha value is -2.20. The number of benzene rings is 1. The van der Waals surface area contributed by atoms with Crippen molar-refractivity contribution in [2.45, 2.75) is 19.4 Å². The number of likely N-dealkylation sites (tertiary alicyclic amines) is 1. The second kappa shape index (κ2) is 13.3. The number of amides is 1. The number of nitrogens with one attached hydrogen (secondary N) is 1. The van der Waals surface area contributed by atoms with E-state index in [-0.39, 0.29) is 11.8 Å². The van der Waals surface area contributed by atoms with E-state index < -0.39 is 11.9 Å². The molecular formula is C21H30ClN3O6. The zero-order chi connectivity index (χ0) is 22.6. The summed E-state index contributed by atoms with van der Waals surface area (Å²) in [5.74, 6) is -3.27. The van der Waals surface area contributed by atoms with Crippen LogP contribution in [0, 0.1) is 5.92 Å². The van der Waals surface area contributed by atoms with Crippen molar-refractivity contribution >= 4 is 29.4 Å². The number of piperidine rings is 1. The molecular weight excluding hydrogens is 426 g/mol. The van der Waals surface area contributed by atoms with Crippen LogP contribution in [0.1, 0.15) is 18.4 Å². The van der Waals surface area contributed by atoms with Crippen LogP contribution < -0.4 is 5.32 Å². The predicted octanol–water partition coefficient (Wildman–Crippen LogP) is 1.16. The van der Waals surface area contributed by atoms with E-state index in [9.17, 15) is 4.79 Å². The van der Waals surface area contributed by atoms with Gasteiger partial charge in [-0.3, -0.25) is 14.6 Å². The Morgan fingerprint density at radius 1 is 0.968 bits per heavy atom. The SMILES string of the molecule is O=C(NCCN1CCOCC1)C1CCN(Cc2ccc(Cl)cc2)CC1.O=C(O)C(=O)O. The van der Waals surface area contributed by atoms with Gasteiger partial charge in [0.25, 0.3) is 0 Å². The zero-order valence-electron chi connectivity index (χ0n) is 17.5. The fraction of sp³-hybridized carbons (Fsp3) is 0.571. The van der Waals surface area contributed by atoms with Crippen LogP contribution in [0.4, 0.5) is 0 Å². The smallest absolute Gasteiger partial charge is 0.414 e. The van der Waals surface area contributed by atoms with Crippen LogP contribution in [-0.2, 0) is 25.7 Å². The quantitative estimate of drug-likeness (QED) is 0.546. The molecule has 2 fully saturated rings. The molecule has 0 bridgehead atoms. The lowest BCUT2D eigenvalue weighted by Crippen LogP contribution is -2.44. The molecule has 2 aliphatic rings. The Morgan fingerprint density at radius 3 is 2.10 bits per heavy atom. The molecule has 31 heavy (non-hydrogen) atoms. The largest absolute Gasteiger partial charge is 0.473 e. The molecule has 1 aromatic carbocycles. The molecule has 0 aliphatic carbocycles. The van der Waals surface area contributed by atoms with Crippen molar-refractivity contribution in [3.8, 4) is 0 Å². The van der Waals surface area contributed by atoms with E-state index in [1.165, 1.54) is 5.56 Å². The number of halogens is 1. The maximum atomic E-state index is 12.4. The molecule has 2 aliphatic heterocycles. The summed E-state index contributed by atoms with van der Waals surface area (Å²) < 4.78 is 5.34. The number of carbonyl (C=O) groups is 3. The van der Waals surface area contributed by atoms with Gasteiger partial charge in [-0.25, -0.2) is 9.59 Å². The lowest BCUT2D eigenvalue weighted by Gasteiger charge is -2.31. The molecule has 10 heteroatoms. The number of carboxylic acids is 2. The van der Waals surface area contributed by atoms with Gasteiger partial charge < -0.3 is 20.3 Å². The van der Waals surface area contributed by atoms with E-state index in [0.29, 0.717) is 0 Å². The van der Waals surface area contributed by atoms with Gasteiger partial charge in [-0.2, -0.15) is 0 Å². The second-order valence-electron chi connectivity index (χ2n) is 7.53. The van der Waals surface area contributed by atoms with Crippen LogP contribution >= 0.6 is 11.6 Å². The van der Waals surface area contributed by atoms with E-state index in [0.717, 1.165) is 76.9 Å². The summed E-state index contributed by atoms with van der Waals surface area (Å²) >= 11 is 5.93. The van der Waals surface area contributed by atoms with Gasteiger partial charge in [0, 0.05) is 43.7 Å². The maximum Gasteiger partial charge on any atom is 0.414 e. The molecule has 3 rings (SSSR count). The first kappa shape index (κ1) is 25.1. The average molecular weight is 456 g/mol. The number of hydrogen-bond donors (Lipinski definition) is 3. The third kappa shape index (κ3) is 9.65. The molecule has 0 atom stereocenters. The van der Waals surface area contributed by atoms with Crippen molar-refractivity contribution in [1.29, 1.82) is 0 Å². The van der Waals surface area contributed by atoms with Gasteiger partial charge in [0.15, 0.2) is 0 Å². The molecule has 2 heterocycles. The molecule has 2 saturated heterocycles. The van der Waals surface area contributed by atoms with E-state index in [2.05, 4.69) is 27.2 Å². The number of nitrogens with zero attached hydrogens (tertiary/aromatic N) is 2. The molecule has 1 aromatic rings. The summed E-state index contributed by atoms with van der Waals surface area (Å²) in [6, 6.07) is 8.02. The number of carboxylic acid groups (broad SMARTS) is 2. The van der Waals surface area contributed by atoms with Gasteiger partial charge >= 0.3 is 11.9 Å². The lowest BCUT2D eigenvalue weighted by molar-refractivity contribution is -0.159. The van der Waals surface area contributed by atoms with Crippen LogP contribution in [0.3, 0.4) is 0 Å². The maximum absolute atomic E-state index is 12.4. The third-order valence-corrected chi connectivity index (χ3v) is 5.54. The van der Waals surface area contributed by atoms with Gasteiger partial charge in [0.1, 0.15) is 0 Å². The van der Waals surface area contributed by atoms with Crippen molar-refractivity contribution in [1.82, 2.24) is 15.1 Å². The summed E-state index contributed by atoms with van der Waals surface area (Å²) in [7, 11) is 0. The summed E-state index contributed by atoms with van der Waals surface area (Å²) in [5, 5.41) is 18.7. The topological polar surface area (TPSA) is 119 Å². The summed E-state index contributed by atoms with van der Waals surface area (Å²) in [6.45, 7) is 8.10. The van der Waals surface area contributed by atoms with Crippen LogP contribution in [-0.4, -0.2) is 90.3 Å². The Kier molecular flexibility index (Phi) is 10.7. The van der Waals surface area contributed by atoms with Gasteiger partial charge in [0.05, 0.1) is 13.2 Å². The number of hydrogen-bond acceptors (Lipinski definition) is 6. The number of aliphatic carboxylic acids is 2. The van der Waals surface area contributed by atoms with E-state index in [1.807, 2.05) is 12.1 Å². The second-order valence-corrected chi connectivity index (χ2v) is 7.97. The van der Waals surface area contributed by atoms with E-state index >= 15 is 0 Å². The summed E-state index contributed by atoms with van der Waals surface area (Å²) in [6.07, 6.45) is 1.88. The van der Waals surface area contributed by atoms with Crippen LogP contribution in [0.25, 0.3) is 0 Å². The Labute approximate surface area is 186 Å². The Bertz CT molecular complexity index is 704. The summed E-state index contributed by atoms with van der Waals surface area (Å²) in [5.41, 5.74) is 1.28. The minimum atomic E-state index is -1.82. The molecule has 0 radical (unpaired) electrons. The van der Waals surface area contributed by atoms with Gasteiger partial charge in [-0.1, -0.05) is 23.7 Å². The number of carbonyl (C=O) groups excluding carboxylic acids is 1. The number of rotatable bonds is 6. The van der Waals surface area contributed by atoms with Crippen LogP contribution in [0.15, 0.2) is 24.3 Å². The molecule has 0 saturated carbocycles. The first-order valence-corrected chi connectivity index (χ1v) is 10.7. The van der Waals surface area contributed by atoms with Gasteiger partial charge in [-0.05, 0) is 43.6 Å². The lowest BCUT2D eigenvalue weighted by atomic mass is 9.95. The minimum Gasteiger partial charge on any atom is -0.473 e. The highest BCUT2D eigenvalue weighted by Crippen LogP contribution is 2.20. The Morgan fingerprint density at radius 2 is 1.55 bits per heavy atom. The van der Waals surface area contributed by atoms with Crippen molar-refractivity contribution in [3.63, 3.8) is 0 Å². The van der Waals surface area contributed by atoms with Crippen LogP contribution in [0.5, 0.6) is 0 Å². The highest BCUT2D eigenvalue weighted by atomic mass is 35.5. The standard InChI is InChI=1S/C19H28ClN3O2.C2H2O4/c20-18-3-1-16(2-4-18)15-23-8-5-17(6-9-23)19(24)21-7-10-22-11-13-25-14-12-22;3-1(4)2(5)6/h1-4,17H,5-15H2,(H,21,24);(H,3,4)(H,5,6). The van der Waals surface area contributed by atoms with Gasteiger partial charge in [-0.15, -0.1) is 0 Å². The minimum absolute atomic E-state index is 0.158. The average Bonchev–Trinajstić information content (AvgIpc) is 2.77. The highest BCUT2D eigenvalue weighted by Gasteiger charge is 2.24. The molecule has 9 nitrogen and oxygen atoms in total. The summed E-state index contributed by atoms with van der Waals surface area (Å²) in [4.78, 5) is 35.3. The van der Waals surface area contributed by atoms with E-state index in [4.69, 9.17) is 36.1 Å². The number of morpholine rings is 1.